The molecule has 1 aromatic heterocycles. The maximum absolute atomic E-state index is 11.4. The van der Waals surface area contributed by atoms with Crippen LogP contribution in [0.5, 0.6) is 5.75 Å². The van der Waals surface area contributed by atoms with E-state index in [1.807, 2.05) is 6.92 Å². The predicted molar refractivity (Wildman–Crippen MR) is 66.0 cm³/mol. The van der Waals surface area contributed by atoms with Gasteiger partial charge in [-0.1, -0.05) is 0 Å². The number of nitrogens with zero attached hydrogens (tertiary/aromatic N) is 1. The Bertz CT molecular complexity index is 655. The highest BCUT2D eigenvalue weighted by Crippen LogP contribution is 2.30. The van der Waals surface area contributed by atoms with E-state index in [1.54, 1.807) is 18.2 Å². The van der Waals surface area contributed by atoms with Crippen molar-refractivity contribution >= 4 is 30.6 Å². The van der Waals surface area contributed by atoms with Crippen molar-refractivity contribution in [2.75, 3.05) is 6.61 Å². The Labute approximate surface area is 104 Å². The van der Waals surface area contributed by atoms with Crippen LogP contribution in [0.25, 0.3) is 10.9 Å². The SMILES string of the molecule is CCOc1ccc(S(=O)(=O)Cl)c2ncccc12. The van der Waals surface area contributed by atoms with Crippen LogP contribution in [0, 0.1) is 0 Å². The average molecular weight is 272 g/mol. The zero-order valence-corrected chi connectivity index (χ0v) is 10.6. The molecular weight excluding hydrogens is 262 g/mol. The first-order valence-corrected chi connectivity index (χ1v) is 7.30. The molecule has 0 amide bonds. The minimum absolute atomic E-state index is 0.00165. The van der Waals surface area contributed by atoms with Gasteiger partial charge in [-0.25, -0.2) is 8.42 Å². The molecule has 17 heavy (non-hydrogen) atoms. The summed E-state index contributed by atoms with van der Waals surface area (Å²) in [6.07, 6.45) is 1.52. The van der Waals surface area contributed by atoms with E-state index in [4.69, 9.17) is 15.4 Å². The van der Waals surface area contributed by atoms with E-state index in [1.165, 1.54) is 12.3 Å². The summed E-state index contributed by atoms with van der Waals surface area (Å²) in [5.74, 6) is 0.597. The zero-order chi connectivity index (χ0) is 12.5. The van der Waals surface area contributed by atoms with Gasteiger partial charge >= 0.3 is 0 Å². The van der Waals surface area contributed by atoms with Gasteiger partial charge in [0.1, 0.15) is 10.6 Å². The van der Waals surface area contributed by atoms with E-state index in [-0.39, 0.29) is 4.90 Å². The molecule has 0 atom stereocenters. The van der Waals surface area contributed by atoms with Crippen molar-refractivity contribution in [1.29, 1.82) is 0 Å². The van der Waals surface area contributed by atoms with Gasteiger partial charge in [0.05, 0.1) is 12.1 Å². The van der Waals surface area contributed by atoms with E-state index < -0.39 is 9.05 Å². The van der Waals surface area contributed by atoms with Crippen molar-refractivity contribution < 1.29 is 13.2 Å². The molecule has 0 radical (unpaired) electrons. The van der Waals surface area contributed by atoms with Gasteiger partial charge < -0.3 is 4.74 Å². The van der Waals surface area contributed by atoms with E-state index in [2.05, 4.69) is 4.98 Å². The standard InChI is InChI=1S/C11H10ClNO3S/c1-2-16-9-5-6-10(17(12,14)15)11-8(9)4-3-7-13-11/h3-7H,2H2,1H3. The summed E-state index contributed by atoms with van der Waals surface area (Å²) < 4.78 is 28.2. The summed E-state index contributed by atoms with van der Waals surface area (Å²) in [7, 11) is 1.55. The Morgan fingerprint density at radius 3 is 2.76 bits per heavy atom. The highest BCUT2D eigenvalue weighted by Gasteiger charge is 2.17. The number of halogens is 1. The van der Waals surface area contributed by atoms with Crippen LogP contribution in [-0.2, 0) is 9.05 Å². The molecule has 0 N–H and O–H groups in total. The first kappa shape index (κ1) is 12.1. The Balaban J connectivity index is 2.80. The number of benzene rings is 1. The summed E-state index contributed by atoms with van der Waals surface area (Å²) in [6, 6.07) is 6.46. The van der Waals surface area contributed by atoms with Gasteiger partial charge in [-0.3, -0.25) is 4.98 Å². The molecule has 0 unspecified atom stereocenters. The summed E-state index contributed by atoms with van der Waals surface area (Å²) in [6.45, 7) is 2.35. The molecule has 0 fully saturated rings. The van der Waals surface area contributed by atoms with E-state index in [9.17, 15) is 8.42 Å². The zero-order valence-electron chi connectivity index (χ0n) is 9.05. The van der Waals surface area contributed by atoms with Crippen LogP contribution in [-0.4, -0.2) is 20.0 Å². The molecule has 0 aliphatic heterocycles. The molecule has 0 aliphatic carbocycles. The average Bonchev–Trinajstić information content (AvgIpc) is 2.28. The fourth-order valence-electron chi connectivity index (χ4n) is 1.60. The monoisotopic (exact) mass is 271 g/mol. The van der Waals surface area contributed by atoms with Crippen LogP contribution < -0.4 is 4.74 Å². The number of aromatic nitrogens is 1. The third-order valence-corrected chi connectivity index (χ3v) is 3.61. The number of hydrogen-bond acceptors (Lipinski definition) is 4. The Hall–Kier alpha value is -1.33. The van der Waals surface area contributed by atoms with Gasteiger partial charge in [0, 0.05) is 22.3 Å². The number of rotatable bonds is 3. The van der Waals surface area contributed by atoms with Crippen LogP contribution in [0.15, 0.2) is 35.4 Å². The first-order valence-electron chi connectivity index (χ1n) is 4.99. The summed E-state index contributed by atoms with van der Waals surface area (Å²) >= 11 is 0. The minimum atomic E-state index is -3.81. The van der Waals surface area contributed by atoms with Crippen LogP contribution in [0.4, 0.5) is 0 Å². The Kier molecular flexibility index (Phi) is 3.22. The third-order valence-electron chi connectivity index (χ3n) is 2.26. The lowest BCUT2D eigenvalue weighted by atomic mass is 10.2. The quantitative estimate of drug-likeness (QED) is 0.805. The number of ether oxygens (including phenoxy) is 1. The van der Waals surface area contributed by atoms with Crippen molar-refractivity contribution in [3.8, 4) is 5.75 Å². The topological polar surface area (TPSA) is 56.3 Å². The second-order valence-electron chi connectivity index (χ2n) is 3.33. The second-order valence-corrected chi connectivity index (χ2v) is 5.87. The van der Waals surface area contributed by atoms with Crippen molar-refractivity contribution in [1.82, 2.24) is 4.98 Å². The molecule has 4 nitrogen and oxygen atoms in total. The van der Waals surface area contributed by atoms with Gasteiger partial charge in [-0.2, -0.15) is 0 Å². The highest BCUT2D eigenvalue weighted by molar-refractivity contribution is 8.14. The van der Waals surface area contributed by atoms with Crippen molar-refractivity contribution in [3.63, 3.8) is 0 Å². The lowest BCUT2D eigenvalue weighted by Crippen LogP contribution is -1.98. The van der Waals surface area contributed by atoms with E-state index in [0.717, 1.165) is 0 Å². The fourth-order valence-corrected chi connectivity index (χ4v) is 2.60. The van der Waals surface area contributed by atoms with E-state index in [0.29, 0.717) is 23.3 Å². The van der Waals surface area contributed by atoms with Gasteiger partial charge in [-0.15, -0.1) is 0 Å². The minimum Gasteiger partial charge on any atom is -0.493 e. The molecule has 0 saturated carbocycles. The first-order chi connectivity index (χ1) is 8.04. The van der Waals surface area contributed by atoms with Gasteiger partial charge in [0.15, 0.2) is 0 Å². The number of pyridine rings is 1. The summed E-state index contributed by atoms with van der Waals surface area (Å²) in [5.41, 5.74) is 0.327. The molecule has 6 heteroatoms. The van der Waals surface area contributed by atoms with Gasteiger partial charge in [-0.05, 0) is 31.2 Å². The lowest BCUT2D eigenvalue weighted by molar-refractivity contribution is 0.344. The smallest absolute Gasteiger partial charge is 0.263 e. The summed E-state index contributed by atoms with van der Waals surface area (Å²) in [5, 5.41) is 0.635. The molecule has 2 aromatic rings. The number of fused-ring (bicyclic) bond motifs is 1. The van der Waals surface area contributed by atoms with Crippen molar-refractivity contribution in [2.45, 2.75) is 11.8 Å². The molecule has 0 aliphatic rings. The van der Waals surface area contributed by atoms with E-state index >= 15 is 0 Å². The molecular formula is C11H10ClNO3S. The lowest BCUT2D eigenvalue weighted by Gasteiger charge is -2.08. The predicted octanol–water partition coefficient (Wildman–Crippen LogP) is 2.56. The Morgan fingerprint density at radius 1 is 1.35 bits per heavy atom. The van der Waals surface area contributed by atoms with Crippen LogP contribution in [0.3, 0.4) is 0 Å². The van der Waals surface area contributed by atoms with Crippen LogP contribution in [0.1, 0.15) is 6.92 Å². The molecule has 90 valence electrons. The second kappa shape index (κ2) is 4.50. The summed E-state index contributed by atoms with van der Waals surface area (Å²) in [4.78, 5) is 4.05. The normalized spacial score (nSPS) is 11.6. The Morgan fingerprint density at radius 2 is 2.12 bits per heavy atom. The molecule has 1 heterocycles. The molecule has 0 spiro atoms. The van der Waals surface area contributed by atoms with Gasteiger partial charge in [0.2, 0.25) is 0 Å². The molecule has 0 bridgehead atoms. The van der Waals surface area contributed by atoms with Crippen molar-refractivity contribution in [2.24, 2.45) is 0 Å². The maximum Gasteiger partial charge on any atom is 0.263 e. The van der Waals surface area contributed by atoms with Crippen molar-refractivity contribution in [3.05, 3.63) is 30.5 Å². The van der Waals surface area contributed by atoms with Gasteiger partial charge in [0.25, 0.3) is 9.05 Å². The highest BCUT2D eigenvalue weighted by atomic mass is 35.7. The number of hydrogen-bond donors (Lipinski definition) is 0. The van der Waals surface area contributed by atoms with Crippen LogP contribution >= 0.6 is 10.7 Å². The third kappa shape index (κ3) is 2.35. The molecule has 0 saturated heterocycles. The largest absolute Gasteiger partial charge is 0.493 e. The molecule has 1 aromatic carbocycles. The fraction of sp³-hybridized carbons (Fsp3) is 0.182. The maximum atomic E-state index is 11.4. The molecule has 2 rings (SSSR count). The van der Waals surface area contributed by atoms with Crippen LogP contribution in [0.2, 0.25) is 0 Å².